The summed E-state index contributed by atoms with van der Waals surface area (Å²) in [5.74, 6) is -0.595. The zero-order chi connectivity index (χ0) is 14.9. The lowest BCUT2D eigenvalue weighted by Crippen LogP contribution is -2.14. The molecule has 2 rings (SSSR count). The highest BCUT2D eigenvalue weighted by Crippen LogP contribution is 2.23. The van der Waals surface area contributed by atoms with E-state index in [4.69, 9.17) is 0 Å². The Kier molecular flexibility index (Phi) is 4.15. The summed E-state index contributed by atoms with van der Waals surface area (Å²) < 4.78 is 41.2. The molecule has 3 nitrogen and oxygen atoms in total. The second-order valence-corrected chi connectivity index (χ2v) is 7.04. The highest BCUT2D eigenvalue weighted by molar-refractivity contribution is 9.10. The number of aryl methyl sites for hydroxylation is 2. The Labute approximate surface area is 126 Å². The third kappa shape index (κ3) is 3.19. The van der Waals surface area contributed by atoms with Crippen LogP contribution >= 0.6 is 15.9 Å². The van der Waals surface area contributed by atoms with E-state index in [1.165, 1.54) is 24.3 Å². The molecule has 0 radical (unpaired) electrons. The molecule has 0 aromatic heterocycles. The van der Waals surface area contributed by atoms with Crippen LogP contribution in [0.25, 0.3) is 0 Å². The molecule has 20 heavy (non-hydrogen) atoms. The smallest absolute Gasteiger partial charge is 0.261 e. The highest BCUT2D eigenvalue weighted by atomic mass is 79.9. The molecular formula is C14H13BrFNO2S. The lowest BCUT2D eigenvalue weighted by molar-refractivity contribution is 0.598. The van der Waals surface area contributed by atoms with Crippen molar-refractivity contribution in [3.8, 4) is 0 Å². The Morgan fingerprint density at radius 3 is 2.40 bits per heavy atom. The minimum Gasteiger partial charge on any atom is -0.277 e. The molecule has 0 aliphatic heterocycles. The molecule has 2 aromatic rings. The van der Waals surface area contributed by atoms with Gasteiger partial charge in [0.2, 0.25) is 0 Å². The molecule has 0 bridgehead atoms. The molecule has 0 saturated carbocycles. The molecule has 0 aliphatic rings. The van der Waals surface area contributed by atoms with E-state index in [2.05, 4.69) is 20.7 Å². The number of hydrogen-bond acceptors (Lipinski definition) is 2. The number of halogens is 2. The van der Waals surface area contributed by atoms with Crippen LogP contribution in [0.3, 0.4) is 0 Å². The van der Waals surface area contributed by atoms with Gasteiger partial charge in [-0.15, -0.1) is 0 Å². The average Bonchev–Trinajstić information content (AvgIpc) is 2.36. The van der Waals surface area contributed by atoms with Crippen molar-refractivity contribution in [2.45, 2.75) is 18.7 Å². The number of hydrogen-bond donors (Lipinski definition) is 1. The molecule has 0 atom stereocenters. The first-order valence-corrected chi connectivity index (χ1v) is 8.12. The van der Waals surface area contributed by atoms with Crippen LogP contribution in [0.15, 0.2) is 45.8 Å². The van der Waals surface area contributed by atoms with E-state index in [0.717, 1.165) is 15.6 Å². The standard InChI is InChI=1S/C14H13BrFNO2S/c1-9-3-6-14(13(16)7-9)17-20(18,19)11-4-5-12(15)10(2)8-11/h3-8,17H,1-2H3. The first-order valence-electron chi connectivity index (χ1n) is 5.85. The molecular weight excluding hydrogens is 345 g/mol. The number of benzene rings is 2. The lowest BCUT2D eigenvalue weighted by atomic mass is 10.2. The number of rotatable bonds is 3. The fourth-order valence-corrected chi connectivity index (χ4v) is 3.09. The van der Waals surface area contributed by atoms with Gasteiger partial charge in [0.1, 0.15) is 5.82 Å². The summed E-state index contributed by atoms with van der Waals surface area (Å²) in [6.45, 7) is 3.52. The van der Waals surface area contributed by atoms with Gasteiger partial charge in [0.05, 0.1) is 10.6 Å². The van der Waals surface area contributed by atoms with Crippen LogP contribution in [-0.4, -0.2) is 8.42 Å². The molecule has 1 N–H and O–H groups in total. The van der Waals surface area contributed by atoms with Gasteiger partial charge in [0.15, 0.2) is 0 Å². The largest absolute Gasteiger partial charge is 0.277 e. The summed E-state index contributed by atoms with van der Waals surface area (Å²) in [5, 5.41) is 0. The predicted molar refractivity (Wildman–Crippen MR) is 80.8 cm³/mol. The van der Waals surface area contributed by atoms with Crippen LogP contribution in [0.5, 0.6) is 0 Å². The molecule has 0 fully saturated rings. The number of nitrogens with one attached hydrogen (secondary N) is 1. The molecule has 0 aliphatic carbocycles. The maximum absolute atomic E-state index is 13.7. The van der Waals surface area contributed by atoms with Crippen LogP contribution in [0, 0.1) is 19.7 Å². The summed E-state index contributed by atoms with van der Waals surface area (Å²) in [4.78, 5) is 0.0955. The Bertz CT molecular complexity index is 760. The van der Waals surface area contributed by atoms with Crippen molar-refractivity contribution in [3.05, 3.63) is 57.8 Å². The summed E-state index contributed by atoms with van der Waals surface area (Å²) in [7, 11) is -3.80. The molecule has 106 valence electrons. The van der Waals surface area contributed by atoms with E-state index in [1.54, 1.807) is 26.0 Å². The van der Waals surface area contributed by atoms with Crippen LogP contribution in [-0.2, 0) is 10.0 Å². The summed E-state index contributed by atoms with van der Waals surface area (Å²) in [6.07, 6.45) is 0. The van der Waals surface area contributed by atoms with Gasteiger partial charge in [-0.3, -0.25) is 4.72 Å². The van der Waals surface area contributed by atoms with E-state index < -0.39 is 15.8 Å². The summed E-state index contributed by atoms with van der Waals surface area (Å²) in [6, 6.07) is 8.98. The van der Waals surface area contributed by atoms with Gasteiger partial charge in [0, 0.05) is 4.47 Å². The van der Waals surface area contributed by atoms with E-state index in [9.17, 15) is 12.8 Å². The third-order valence-electron chi connectivity index (χ3n) is 2.81. The summed E-state index contributed by atoms with van der Waals surface area (Å²) in [5.41, 5.74) is 1.46. The van der Waals surface area contributed by atoms with Crippen molar-refractivity contribution in [2.24, 2.45) is 0 Å². The van der Waals surface area contributed by atoms with Crippen LogP contribution < -0.4 is 4.72 Å². The Morgan fingerprint density at radius 1 is 1.10 bits per heavy atom. The second kappa shape index (κ2) is 5.54. The minimum atomic E-state index is -3.80. The molecule has 0 spiro atoms. The fourth-order valence-electron chi connectivity index (χ4n) is 1.69. The van der Waals surface area contributed by atoms with Crippen molar-refractivity contribution < 1.29 is 12.8 Å². The first kappa shape index (κ1) is 15.0. The highest BCUT2D eigenvalue weighted by Gasteiger charge is 2.17. The van der Waals surface area contributed by atoms with Crippen molar-refractivity contribution in [1.82, 2.24) is 0 Å². The van der Waals surface area contributed by atoms with Crippen LogP contribution in [0.2, 0.25) is 0 Å². The van der Waals surface area contributed by atoms with Crippen LogP contribution in [0.1, 0.15) is 11.1 Å². The van der Waals surface area contributed by atoms with Crippen molar-refractivity contribution in [1.29, 1.82) is 0 Å². The summed E-state index contributed by atoms with van der Waals surface area (Å²) >= 11 is 3.31. The van der Waals surface area contributed by atoms with E-state index >= 15 is 0 Å². The normalized spacial score (nSPS) is 11.4. The molecule has 0 unspecified atom stereocenters. The van der Waals surface area contributed by atoms with Gasteiger partial charge < -0.3 is 0 Å². The fraction of sp³-hybridized carbons (Fsp3) is 0.143. The Morgan fingerprint density at radius 2 is 1.80 bits per heavy atom. The molecule has 0 saturated heterocycles. The minimum absolute atomic E-state index is 0.0591. The monoisotopic (exact) mass is 357 g/mol. The number of sulfonamides is 1. The zero-order valence-corrected chi connectivity index (χ0v) is 13.3. The molecule has 0 amide bonds. The van der Waals surface area contributed by atoms with Gasteiger partial charge in [-0.1, -0.05) is 22.0 Å². The SMILES string of the molecule is Cc1ccc(NS(=O)(=O)c2ccc(Br)c(C)c2)c(F)c1. The van der Waals surface area contributed by atoms with Crippen molar-refractivity contribution in [3.63, 3.8) is 0 Å². The second-order valence-electron chi connectivity index (χ2n) is 4.50. The number of anilines is 1. The van der Waals surface area contributed by atoms with Crippen molar-refractivity contribution in [2.75, 3.05) is 4.72 Å². The molecule has 6 heteroatoms. The topological polar surface area (TPSA) is 46.2 Å². The van der Waals surface area contributed by atoms with Gasteiger partial charge in [-0.25, -0.2) is 12.8 Å². The molecule has 0 heterocycles. The maximum Gasteiger partial charge on any atom is 0.261 e. The Hall–Kier alpha value is -1.40. The van der Waals surface area contributed by atoms with E-state index in [1.807, 2.05) is 0 Å². The Balaban J connectivity index is 2.38. The van der Waals surface area contributed by atoms with Gasteiger partial charge in [-0.05, 0) is 55.3 Å². The van der Waals surface area contributed by atoms with Gasteiger partial charge >= 0.3 is 0 Å². The zero-order valence-electron chi connectivity index (χ0n) is 10.9. The van der Waals surface area contributed by atoms with Crippen LogP contribution in [0.4, 0.5) is 10.1 Å². The average molecular weight is 358 g/mol. The van der Waals surface area contributed by atoms with Crippen molar-refractivity contribution >= 4 is 31.6 Å². The third-order valence-corrected chi connectivity index (χ3v) is 5.06. The quantitative estimate of drug-likeness (QED) is 0.901. The van der Waals surface area contributed by atoms with Gasteiger partial charge in [0.25, 0.3) is 10.0 Å². The lowest BCUT2D eigenvalue weighted by Gasteiger charge is -2.10. The van der Waals surface area contributed by atoms with E-state index in [0.29, 0.717) is 0 Å². The maximum atomic E-state index is 13.7. The molecule has 2 aromatic carbocycles. The van der Waals surface area contributed by atoms with E-state index in [-0.39, 0.29) is 10.6 Å². The van der Waals surface area contributed by atoms with Gasteiger partial charge in [-0.2, -0.15) is 0 Å². The predicted octanol–water partition coefficient (Wildman–Crippen LogP) is 4.01. The first-order chi connectivity index (χ1) is 9.29.